The minimum atomic E-state index is -0.643. The summed E-state index contributed by atoms with van der Waals surface area (Å²) in [4.78, 5) is 12.3. The summed E-state index contributed by atoms with van der Waals surface area (Å²) in [5, 5.41) is 17.2. The molecule has 25 heavy (non-hydrogen) atoms. The quantitative estimate of drug-likeness (QED) is 0.804. The second kappa shape index (κ2) is 8.24. The highest BCUT2D eigenvalue weighted by atomic mass is 16.5. The molecule has 1 amide bonds. The lowest BCUT2D eigenvalue weighted by molar-refractivity contribution is -0.132. The lowest BCUT2D eigenvalue weighted by Crippen LogP contribution is -2.49. The molecule has 1 aliphatic heterocycles. The smallest absolute Gasteiger partial charge is 0.251 e. The molecule has 0 bridgehead atoms. The number of nitrogens with one attached hydrogen (secondary N) is 1. The number of amides is 1. The molecule has 2 heterocycles. The van der Waals surface area contributed by atoms with Gasteiger partial charge in [0.2, 0.25) is 0 Å². The van der Waals surface area contributed by atoms with E-state index in [1.807, 2.05) is 29.1 Å². The molecule has 7 heteroatoms. The second-order valence-corrected chi connectivity index (χ2v) is 6.17. The van der Waals surface area contributed by atoms with Gasteiger partial charge < -0.3 is 19.9 Å². The summed E-state index contributed by atoms with van der Waals surface area (Å²) in [6.07, 6.45) is 2.64. The first-order valence-electron chi connectivity index (χ1n) is 8.30. The number of ether oxygens (including phenoxy) is 2. The van der Waals surface area contributed by atoms with Gasteiger partial charge >= 0.3 is 0 Å². The van der Waals surface area contributed by atoms with E-state index < -0.39 is 6.10 Å². The van der Waals surface area contributed by atoms with Gasteiger partial charge in [0.25, 0.3) is 5.91 Å². The SMILES string of the molecule is CO[C@@H]1COC[C@@H](CNC(=O)c2ccc(Cn3cccn3)cc2)[C@@H]1O. The van der Waals surface area contributed by atoms with Gasteiger partial charge in [-0.1, -0.05) is 12.1 Å². The number of rotatable bonds is 6. The number of carbonyl (C=O) groups is 1. The van der Waals surface area contributed by atoms with Crippen LogP contribution in [0.5, 0.6) is 0 Å². The van der Waals surface area contributed by atoms with Crippen LogP contribution < -0.4 is 5.32 Å². The molecule has 0 saturated carbocycles. The number of carbonyl (C=O) groups excluding carboxylic acids is 1. The maximum atomic E-state index is 12.3. The van der Waals surface area contributed by atoms with Gasteiger partial charge in [-0.05, 0) is 23.8 Å². The van der Waals surface area contributed by atoms with E-state index in [1.165, 1.54) is 0 Å². The predicted octanol–water partition coefficient (Wildman–Crippen LogP) is 0.683. The number of benzene rings is 1. The minimum Gasteiger partial charge on any atom is -0.390 e. The summed E-state index contributed by atoms with van der Waals surface area (Å²) >= 11 is 0. The molecule has 2 aromatic rings. The summed E-state index contributed by atoms with van der Waals surface area (Å²) in [7, 11) is 1.54. The third-order valence-corrected chi connectivity index (χ3v) is 4.43. The summed E-state index contributed by atoms with van der Waals surface area (Å²) in [5.41, 5.74) is 1.65. The molecule has 0 aliphatic carbocycles. The number of hydrogen-bond donors (Lipinski definition) is 2. The fourth-order valence-corrected chi connectivity index (χ4v) is 2.89. The Morgan fingerprint density at radius 3 is 2.88 bits per heavy atom. The molecule has 0 unspecified atom stereocenters. The highest BCUT2D eigenvalue weighted by Crippen LogP contribution is 2.17. The lowest BCUT2D eigenvalue weighted by Gasteiger charge is -2.33. The molecular formula is C18H23N3O4. The van der Waals surface area contributed by atoms with Crippen LogP contribution in [0.25, 0.3) is 0 Å². The molecule has 2 N–H and O–H groups in total. The van der Waals surface area contributed by atoms with Crippen molar-refractivity contribution in [3.05, 3.63) is 53.9 Å². The van der Waals surface area contributed by atoms with E-state index in [2.05, 4.69) is 10.4 Å². The number of aliphatic hydroxyl groups excluding tert-OH is 1. The Bertz CT molecular complexity index is 672. The summed E-state index contributed by atoms with van der Waals surface area (Å²) in [6, 6.07) is 9.28. The Morgan fingerprint density at radius 2 is 2.20 bits per heavy atom. The van der Waals surface area contributed by atoms with Gasteiger partial charge in [0.05, 0.1) is 25.9 Å². The average molecular weight is 345 g/mol. The number of hydrogen-bond acceptors (Lipinski definition) is 5. The number of aromatic nitrogens is 2. The maximum absolute atomic E-state index is 12.3. The lowest BCUT2D eigenvalue weighted by atomic mass is 9.96. The Labute approximate surface area is 146 Å². The average Bonchev–Trinajstić information content (AvgIpc) is 3.14. The zero-order valence-corrected chi connectivity index (χ0v) is 14.2. The number of methoxy groups -OCH3 is 1. The van der Waals surface area contributed by atoms with E-state index in [0.717, 1.165) is 5.56 Å². The van der Waals surface area contributed by atoms with E-state index in [-0.39, 0.29) is 17.9 Å². The fourth-order valence-electron chi connectivity index (χ4n) is 2.89. The first kappa shape index (κ1) is 17.6. The third-order valence-electron chi connectivity index (χ3n) is 4.43. The van der Waals surface area contributed by atoms with Gasteiger partial charge in [-0.25, -0.2) is 0 Å². The van der Waals surface area contributed by atoms with Crippen molar-refractivity contribution in [1.82, 2.24) is 15.1 Å². The standard InChI is InChI=1S/C18H23N3O4/c1-24-16-12-25-11-15(17(16)22)9-19-18(23)14-5-3-13(4-6-14)10-21-8-2-7-20-21/h2-8,15-17,22H,9-12H2,1H3,(H,19,23)/t15-,16-,17+/m1/s1. The second-order valence-electron chi connectivity index (χ2n) is 6.17. The van der Waals surface area contributed by atoms with Crippen LogP contribution in [0, 0.1) is 5.92 Å². The first-order valence-corrected chi connectivity index (χ1v) is 8.30. The van der Waals surface area contributed by atoms with Crippen LogP contribution in [-0.2, 0) is 16.0 Å². The van der Waals surface area contributed by atoms with Crippen LogP contribution in [-0.4, -0.2) is 59.9 Å². The van der Waals surface area contributed by atoms with Crippen LogP contribution in [0.1, 0.15) is 15.9 Å². The van der Waals surface area contributed by atoms with E-state index in [4.69, 9.17) is 9.47 Å². The van der Waals surface area contributed by atoms with Crippen LogP contribution >= 0.6 is 0 Å². The number of nitrogens with zero attached hydrogens (tertiary/aromatic N) is 2. The van der Waals surface area contributed by atoms with Gasteiger partial charge in [-0.15, -0.1) is 0 Å². The van der Waals surface area contributed by atoms with Crippen LogP contribution in [0.15, 0.2) is 42.7 Å². The zero-order chi connectivity index (χ0) is 17.6. The van der Waals surface area contributed by atoms with Crippen molar-refractivity contribution < 1.29 is 19.4 Å². The van der Waals surface area contributed by atoms with Crippen LogP contribution in [0.3, 0.4) is 0 Å². The van der Waals surface area contributed by atoms with Gasteiger partial charge in [-0.3, -0.25) is 9.48 Å². The van der Waals surface area contributed by atoms with E-state index in [1.54, 1.807) is 25.4 Å². The fraction of sp³-hybridized carbons (Fsp3) is 0.444. The molecule has 1 aliphatic rings. The van der Waals surface area contributed by atoms with Gasteiger partial charge in [0, 0.05) is 37.5 Å². The highest BCUT2D eigenvalue weighted by Gasteiger charge is 2.32. The molecule has 134 valence electrons. The molecule has 3 atom stereocenters. The van der Waals surface area contributed by atoms with E-state index in [0.29, 0.717) is 31.9 Å². The van der Waals surface area contributed by atoms with Crippen molar-refractivity contribution in [2.75, 3.05) is 26.9 Å². The van der Waals surface area contributed by atoms with Crippen molar-refractivity contribution in [2.24, 2.45) is 5.92 Å². The van der Waals surface area contributed by atoms with Gasteiger partial charge in [-0.2, -0.15) is 5.10 Å². The molecule has 1 fully saturated rings. The number of aliphatic hydroxyl groups is 1. The summed E-state index contributed by atoms with van der Waals surface area (Å²) in [5.74, 6) is -0.348. The molecule has 0 spiro atoms. The van der Waals surface area contributed by atoms with Crippen molar-refractivity contribution in [3.63, 3.8) is 0 Å². The van der Waals surface area contributed by atoms with Crippen LogP contribution in [0.2, 0.25) is 0 Å². The molecule has 1 aromatic carbocycles. The van der Waals surface area contributed by atoms with Crippen molar-refractivity contribution in [2.45, 2.75) is 18.8 Å². The molecular weight excluding hydrogens is 322 g/mol. The molecule has 1 saturated heterocycles. The van der Waals surface area contributed by atoms with Crippen molar-refractivity contribution >= 4 is 5.91 Å². The Balaban J connectivity index is 1.52. The minimum absolute atomic E-state index is 0.169. The van der Waals surface area contributed by atoms with Crippen molar-refractivity contribution in [1.29, 1.82) is 0 Å². The van der Waals surface area contributed by atoms with E-state index >= 15 is 0 Å². The highest BCUT2D eigenvalue weighted by molar-refractivity contribution is 5.94. The van der Waals surface area contributed by atoms with Gasteiger partial charge in [0.15, 0.2) is 0 Å². The topological polar surface area (TPSA) is 85.6 Å². The summed E-state index contributed by atoms with van der Waals surface area (Å²) < 4.78 is 12.4. The Morgan fingerprint density at radius 1 is 1.40 bits per heavy atom. The molecule has 3 rings (SSSR count). The molecule has 7 nitrogen and oxygen atoms in total. The van der Waals surface area contributed by atoms with Crippen LogP contribution in [0.4, 0.5) is 0 Å². The monoisotopic (exact) mass is 345 g/mol. The van der Waals surface area contributed by atoms with E-state index in [9.17, 15) is 9.90 Å². The Hall–Kier alpha value is -2.22. The largest absolute Gasteiger partial charge is 0.390 e. The third kappa shape index (κ3) is 4.45. The summed E-state index contributed by atoms with van der Waals surface area (Å²) in [6.45, 7) is 1.79. The molecule has 0 radical (unpaired) electrons. The predicted molar refractivity (Wildman–Crippen MR) is 91.2 cm³/mol. The normalized spacial score (nSPS) is 23.4. The van der Waals surface area contributed by atoms with Gasteiger partial charge in [0.1, 0.15) is 6.10 Å². The Kier molecular flexibility index (Phi) is 5.80. The first-order chi connectivity index (χ1) is 12.2. The molecule has 1 aromatic heterocycles. The maximum Gasteiger partial charge on any atom is 0.251 e. The zero-order valence-electron chi connectivity index (χ0n) is 14.2. The van der Waals surface area contributed by atoms with Crippen molar-refractivity contribution in [3.8, 4) is 0 Å².